The van der Waals surface area contributed by atoms with Crippen molar-refractivity contribution in [3.05, 3.63) is 40.5 Å². The second-order valence-corrected chi connectivity index (χ2v) is 7.79. The lowest BCUT2D eigenvalue weighted by Crippen LogP contribution is -2.49. The monoisotopic (exact) mass is 356 g/mol. The molecule has 3 rings (SSSR count). The molecule has 0 unspecified atom stereocenters. The van der Waals surface area contributed by atoms with Gasteiger partial charge in [0.15, 0.2) is 0 Å². The van der Waals surface area contributed by atoms with E-state index in [2.05, 4.69) is 24.1 Å². The van der Waals surface area contributed by atoms with Crippen molar-refractivity contribution in [1.82, 2.24) is 4.90 Å². The van der Waals surface area contributed by atoms with Crippen LogP contribution in [0, 0.1) is 13.8 Å². The molecule has 0 radical (unpaired) electrons. The molecule has 2 aliphatic rings. The molecule has 5 heteroatoms. The fourth-order valence-electron chi connectivity index (χ4n) is 4.02. The van der Waals surface area contributed by atoms with E-state index < -0.39 is 5.60 Å². The van der Waals surface area contributed by atoms with Crippen LogP contribution in [-0.2, 0) is 14.3 Å². The highest BCUT2D eigenvalue weighted by atomic mass is 16.6. The van der Waals surface area contributed by atoms with E-state index in [0.29, 0.717) is 30.0 Å². The molecule has 0 aromatic heterocycles. The van der Waals surface area contributed by atoms with Crippen LogP contribution in [-0.4, -0.2) is 41.5 Å². The van der Waals surface area contributed by atoms with Crippen LogP contribution in [0.25, 0.3) is 0 Å². The molecule has 5 nitrogen and oxygen atoms in total. The number of benzene rings is 1. The Bertz CT molecular complexity index is 771. The normalized spacial score (nSPS) is 20.0. The number of hydrogen-bond donors (Lipinski definition) is 1. The largest absolute Gasteiger partial charge is 0.450 e. The van der Waals surface area contributed by atoms with Gasteiger partial charge in [0.1, 0.15) is 5.60 Å². The number of piperidine rings is 1. The predicted molar refractivity (Wildman–Crippen MR) is 102 cm³/mol. The summed E-state index contributed by atoms with van der Waals surface area (Å²) in [6.07, 6.45) is 1.31. The maximum atomic E-state index is 13.1. The summed E-state index contributed by atoms with van der Waals surface area (Å²) < 4.78 is 5.75. The molecule has 1 spiro atoms. The third-order valence-electron chi connectivity index (χ3n) is 5.62. The van der Waals surface area contributed by atoms with Gasteiger partial charge in [-0.05, 0) is 46.2 Å². The quantitative estimate of drug-likeness (QED) is 0.844. The van der Waals surface area contributed by atoms with E-state index in [1.807, 2.05) is 32.0 Å². The minimum atomic E-state index is -0.782. The summed E-state index contributed by atoms with van der Waals surface area (Å²) >= 11 is 0. The predicted octanol–water partition coefficient (Wildman–Crippen LogP) is 3.36. The van der Waals surface area contributed by atoms with Crippen LogP contribution in [0.3, 0.4) is 0 Å². The number of likely N-dealkylation sites (tertiary alicyclic amines) is 1. The van der Waals surface area contributed by atoms with Crippen molar-refractivity contribution in [2.24, 2.45) is 0 Å². The number of rotatable bonds is 3. The molecule has 1 aromatic carbocycles. The number of carbonyl (C=O) groups excluding carboxylic acids is 2. The number of aryl methyl sites for hydroxylation is 2. The molecule has 0 bridgehead atoms. The van der Waals surface area contributed by atoms with Crippen LogP contribution >= 0.6 is 0 Å². The molecular weight excluding hydrogens is 328 g/mol. The minimum absolute atomic E-state index is 0.224. The zero-order valence-corrected chi connectivity index (χ0v) is 16.3. The van der Waals surface area contributed by atoms with Gasteiger partial charge in [-0.25, -0.2) is 4.79 Å². The lowest BCUT2D eigenvalue weighted by atomic mass is 9.82. The van der Waals surface area contributed by atoms with Crippen molar-refractivity contribution in [3.63, 3.8) is 0 Å². The zero-order chi connectivity index (χ0) is 19.1. The maximum Gasteiger partial charge on any atom is 0.335 e. The summed E-state index contributed by atoms with van der Waals surface area (Å²) in [5.41, 5.74) is 3.08. The standard InChI is InChI=1S/C21H28N2O3/c1-13(2)23-10-8-21(9-11-23)18(16(5)20(25)26-21)19(24)22-17-7-6-14(3)12-15(17)4/h6-7,12-13H,8-11H2,1-5H3,(H,22,24). The van der Waals surface area contributed by atoms with E-state index in [1.54, 1.807) is 6.92 Å². The van der Waals surface area contributed by atoms with Gasteiger partial charge in [-0.2, -0.15) is 0 Å². The smallest absolute Gasteiger partial charge is 0.335 e. The summed E-state index contributed by atoms with van der Waals surface area (Å²) in [4.78, 5) is 27.7. The van der Waals surface area contributed by atoms with E-state index in [9.17, 15) is 9.59 Å². The average molecular weight is 356 g/mol. The highest BCUT2D eigenvalue weighted by Gasteiger charge is 2.50. The van der Waals surface area contributed by atoms with Gasteiger partial charge in [-0.15, -0.1) is 0 Å². The summed E-state index contributed by atoms with van der Waals surface area (Å²) in [6.45, 7) is 11.6. The van der Waals surface area contributed by atoms with Crippen molar-refractivity contribution in [2.75, 3.05) is 18.4 Å². The SMILES string of the molecule is CC1=C(C(=O)Nc2ccc(C)cc2C)C2(CCN(C(C)C)CC2)OC1=O. The number of carbonyl (C=O) groups is 2. The topological polar surface area (TPSA) is 58.6 Å². The van der Waals surface area contributed by atoms with Gasteiger partial charge in [0.2, 0.25) is 0 Å². The maximum absolute atomic E-state index is 13.1. The highest BCUT2D eigenvalue weighted by Crippen LogP contribution is 2.41. The van der Waals surface area contributed by atoms with Gasteiger partial charge in [-0.3, -0.25) is 4.79 Å². The van der Waals surface area contributed by atoms with Gasteiger partial charge >= 0.3 is 5.97 Å². The molecule has 2 heterocycles. The fraction of sp³-hybridized carbons (Fsp3) is 0.524. The van der Waals surface area contributed by atoms with E-state index in [0.717, 1.165) is 29.9 Å². The van der Waals surface area contributed by atoms with Crippen molar-refractivity contribution in [1.29, 1.82) is 0 Å². The number of hydrogen-bond acceptors (Lipinski definition) is 4. The zero-order valence-electron chi connectivity index (χ0n) is 16.3. The van der Waals surface area contributed by atoms with Gasteiger partial charge in [-0.1, -0.05) is 17.7 Å². The molecule has 1 N–H and O–H groups in total. The molecule has 0 aliphatic carbocycles. The lowest BCUT2D eigenvalue weighted by Gasteiger charge is -2.41. The first kappa shape index (κ1) is 18.6. The first-order chi connectivity index (χ1) is 12.2. The van der Waals surface area contributed by atoms with E-state index >= 15 is 0 Å². The van der Waals surface area contributed by atoms with Crippen LogP contribution in [0.5, 0.6) is 0 Å². The number of amides is 1. The van der Waals surface area contributed by atoms with Gasteiger partial charge in [0.25, 0.3) is 5.91 Å². The summed E-state index contributed by atoms with van der Waals surface area (Å²) in [6, 6.07) is 6.35. The van der Waals surface area contributed by atoms with Crippen molar-refractivity contribution < 1.29 is 14.3 Å². The number of esters is 1. The Hall–Kier alpha value is -2.14. The Morgan fingerprint density at radius 1 is 1.19 bits per heavy atom. The van der Waals surface area contributed by atoms with Crippen LogP contribution in [0.2, 0.25) is 0 Å². The number of anilines is 1. The Morgan fingerprint density at radius 2 is 1.85 bits per heavy atom. The van der Waals surface area contributed by atoms with Crippen molar-refractivity contribution in [2.45, 2.75) is 59.1 Å². The van der Waals surface area contributed by atoms with Gasteiger partial charge < -0.3 is 15.0 Å². The Kier molecular flexibility index (Phi) is 4.93. The molecule has 140 valence electrons. The molecule has 1 fully saturated rings. The number of nitrogens with zero attached hydrogens (tertiary/aromatic N) is 1. The highest BCUT2D eigenvalue weighted by molar-refractivity contribution is 6.12. The van der Waals surface area contributed by atoms with Gasteiger partial charge in [0.05, 0.1) is 5.57 Å². The first-order valence-electron chi connectivity index (χ1n) is 9.31. The third kappa shape index (κ3) is 3.28. The molecule has 1 aromatic rings. The fourth-order valence-corrected chi connectivity index (χ4v) is 4.02. The third-order valence-corrected chi connectivity index (χ3v) is 5.62. The molecular formula is C21H28N2O3. The Morgan fingerprint density at radius 3 is 2.42 bits per heavy atom. The molecule has 0 saturated carbocycles. The van der Waals surface area contributed by atoms with Gasteiger partial charge in [0, 0.05) is 43.2 Å². The summed E-state index contributed by atoms with van der Waals surface area (Å²) in [5.74, 6) is -0.591. The van der Waals surface area contributed by atoms with Crippen molar-refractivity contribution >= 4 is 17.6 Å². The van der Waals surface area contributed by atoms with Crippen LogP contribution in [0.4, 0.5) is 5.69 Å². The second-order valence-electron chi connectivity index (χ2n) is 7.79. The Balaban J connectivity index is 1.86. The lowest BCUT2D eigenvalue weighted by molar-refractivity contribution is -0.151. The van der Waals surface area contributed by atoms with Crippen LogP contribution < -0.4 is 5.32 Å². The van der Waals surface area contributed by atoms with Crippen LogP contribution in [0.1, 0.15) is 44.7 Å². The molecule has 0 atom stereocenters. The molecule has 26 heavy (non-hydrogen) atoms. The summed E-state index contributed by atoms with van der Waals surface area (Å²) in [7, 11) is 0. The number of nitrogens with one attached hydrogen (secondary N) is 1. The molecule has 2 aliphatic heterocycles. The second kappa shape index (κ2) is 6.88. The number of ether oxygens (including phenoxy) is 1. The van der Waals surface area contributed by atoms with Crippen molar-refractivity contribution in [3.8, 4) is 0 Å². The summed E-state index contributed by atoms with van der Waals surface area (Å²) in [5, 5.41) is 2.99. The molecule has 1 saturated heterocycles. The van der Waals surface area contributed by atoms with E-state index in [-0.39, 0.29) is 11.9 Å². The first-order valence-corrected chi connectivity index (χ1v) is 9.31. The van der Waals surface area contributed by atoms with Crippen LogP contribution in [0.15, 0.2) is 29.3 Å². The minimum Gasteiger partial charge on any atom is -0.450 e. The molecule has 1 amide bonds. The van der Waals surface area contributed by atoms with E-state index in [1.165, 1.54) is 0 Å². The average Bonchev–Trinajstić information content (AvgIpc) is 2.81. The Labute approximate surface area is 155 Å². The van der Waals surface area contributed by atoms with E-state index in [4.69, 9.17) is 4.74 Å².